The molecule has 0 saturated carbocycles. The van der Waals surface area contributed by atoms with E-state index in [1.165, 1.54) is 44.5 Å². The van der Waals surface area contributed by atoms with Crippen molar-refractivity contribution in [2.75, 3.05) is 0 Å². The minimum absolute atomic E-state index is 0.735. The molecule has 10 aromatic carbocycles. The summed E-state index contributed by atoms with van der Waals surface area (Å²) in [6.07, 6.45) is 3.56. The van der Waals surface area contributed by atoms with E-state index in [4.69, 9.17) is 0 Å². The number of benzene rings is 10. The van der Waals surface area contributed by atoms with Crippen LogP contribution in [0.5, 0.6) is 0 Å². The highest BCUT2D eigenvalue weighted by Gasteiger charge is 2.15. The van der Waals surface area contributed by atoms with Crippen LogP contribution in [0.1, 0.15) is 74.8 Å². The van der Waals surface area contributed by atoms with Crippen molar-refractivity contribution in [1.29, 1.82) is 0 Å². The summed E-state index contributed by atoms with van der Waals surface area (Å²) in [5, 5.41) is 0. The average molecular weight is 967 g/mol. The van der Waals surface area contributed by atoms with Crippen LogP contribution < -0.4 is 0 Å². The molecule has 0 saturated heterocycles. The van der Waals surface area contributed by atoms with Crippen LogP contribution in [0.4, 0.5) is 0 Å². The Morgan fingerprint density at radius 1 is 0.216 bits per heavy atom. The van der Waals surface area contributed by atoms with Gasteiger partial charge in [-0.15, -0.1) is 0 Å². The number of hydrogen-bond donors (Lipinski definition) is 0. The minimum Gasteiger partial charge on any atom is -0.298 e. The van der Waals surface area contributed by atoms with Crippen LogP contribution in [-0.4, -0.2) is 25.1 Å². The van der Waals surface area contributed by atoms with Crippen molar-refractivity contribution in [2.24, 2.45) is 0 Å². The molecule has 0 aliphatic rings. The second kappa shape index (κ2) is 28.1. The summed E-state index contributed by atoms with van der Waals surface area (Å²) < 4.78 is 0. The third-order valence-corrected chi connectivity index (χ3v) is 13.1. The van der Waals surface area contributed by atoms with E-state index in [0.717, 1.165) is 91.9 Å². The summed E-state index contributed by atoms with van der Waals surface area (Å²) in [6, 6.07) is 78.7. The van der Waals surface area contributed by atoms with E-state index >= 15 is 0 Å². The average Bonchev–Trinajstić information content (AvgIpc) is 3.48. The van der Waals surface area contributed by atoms with Gasteiger partial charge in [0, 0.05) is 22.3 Å². The molecule has 10 rings (SSSR count). The minimum atomic E-state index is 0.735. The lowest BCUT2D eigenvalue weighted by atomic mass is 9.85. The van der Waals surface area contributed by atoms with Gasteiger partial charge in [-0.2, -0.15) is 0 Å². The van der Waals surface area contributed by atoms with Gasteiger partial charge in [-0.1, -0.05) is 243 Å². The topological polar surface area (TPSA) is 68.3 Å². The summed E-state index contributed by atoms with van der Waals surface area (Å²) >= 11 is 0. The van der Waals surface area contributed by atoms with Gasteiger partial charge in [0.1, 0.15) is 0 Å². The third kappa shape index (κ3) is 14.3. The molecular weight excluding hydrogens is 905 g/mol. The molecule has 0 atom stereocenters. The van der Waals surface area contributed by atoms with Gasteiger partial charge in [-0.05, 0) is 131 Å². The third-order valence-electron chi connectivity index (χ3n) is 13.1. The van der Waals surface area contributed by atoms with E-state index in [9.17, 15) is 19.2 Å². The fourth-order valence-electron chi connectivity index (χ4n) is 8.68. The van der Waals surface area contributed by atoms with Crippen LogP contribution in [0.3, 0.4) is 0 Å². The van der Waals surface area contributed by atoms with Gasteiger partial charge < -0.3 is 0 Å². The SMILES string of the molecule is Cc1ccccc1-c1c(C)c(C)c(C)c(C)c1C.O=Cc1ccccc1-c1ccccc1.O=Cc1ccccc1-c1ccccc1.O=Cc1ccccc1-c1ccccc1.O=Cc1ccccc1-c1ccccc1. The predicted octanol–water partition coefficient (Wildman–Crippen LogP) is 17.9. The van der Waals surface area contributed by atoms with Crippen molar-refractivity contribution in [3.8, 4) is 55.6 Å². The standard InChI is InChI=1S/C18H22.4C13H10O/c1-11-9-7-8-10-17(11)18-15(5)13(3)12(2)14(4)16(18)6;4*14-10-12-8-4-5-9-13(12)11-6-2-1-3-7-11/h7-10H,1-6H3;4*1-10H. The maximum atomic E-state index is 10.8. The summed E-state index contributed by atoms with van der Waals surface area (Å²) in [5.74, 6) is 0. The quantitative estimate of drug-likeness (QED) is 0.135. The van der Waals surface area contributed by atoms with E-state index < -0.39 is 0 Å². The molecule has 0 heterocycles. The maximum absolute atomic E-state index is 10.8. The normalized spacial score (nSPS) is 9.97. The Hall–Kier alpha value is -9.12. The first-order valence-corrected chi connectivity index (χ1v) is 24.6. The summed E-state index contributed by atoms with van der Waals surface area (Å²) in [4.78, 5) is 43.2. The zero-order valence-electron chi connectivity index (χ0n) is 43.0. The zero-order chi connectivity index (χ0) is 52.7. The molecule has 0 radical (unpaired) electrons. The maximum Gasteiger partial charge on any atom is 0.150 e. The van der Waals surface area contributed by atoms with Gasteiger partial charge in [-0.25, -0.2) is 0 Å². The highest BCUT2D eigenvalue weighted by Crippen LogP contribution is 2.35. The van der Waals surface area contributed by atoms with Crippen molar-refractivity contribution < 1.29 is 19.2 Å². The molecule has 0 aromatic heterocycles. The lowest BCUT2D eigenvalue weighted by molar-refractivity contribution is 0.111. The van der Waals surface area contributed by atoms with Gasteiger partial charge in [0.05, 0.1) is 0 Å². The molecule has 0 bridgehead atoms. The van der Waals surface area contributed by atoms with E-state index in [0.29, 0.717) is 0 Å². The van der Waals surface area contributed by atoms with Gasteiger partial charge in [0.25, 0.3) is 0 Å². The van der Waals surface area contributed by atoms with Crippen LogP contribution in [0, 0.1) is 41.5 Å². The number of carbonyl (C=O) groups is 4. The van der Waals surface area contributed by atoms with Crippen LogP contribution in [0.15, 0.2) is 243 Å². The number of aryl methyl sites for hydroxylation is 1. The second-order valence-electron chi connectivity index (χ2n) is 17.6. The molecular formula is C70H62O4. The molecule has 4 heteroatoms. The Morgan fingerprint density at radius 2 is 0.419 bits per heavy atom. The van der Waals surface area contributed by atoms with Crippen molar-refractivity contribution in [1.82, 2.24) is 0 Å². The molecule has 0 amide bonds. The molecule has 0 aliphatic carbocycles. The molecule has 0 N–H and O–H groups in total. The molecule has 10 aromatic rings. The number of rotatable bonds is 9. The molecule has 0 unspecified atom stereocenters. The monoisotopic (exact) mass is 966 g/mol. The highest BCUT2D eigenvalue weighted by molar-refractivity contribution is 5.90. The first-order valence-electron chi connectivity index (χ1n) is 24.6. The fourth-order valence-corrected chi connectivity index (χ4v) is 8.68. The summed E-state index contributed by atoms with van der Waals surface area (Å²) in [5.41, 5.74) is 22.5. The van der Waals surface area contributed by atoms with E-state index in [1.54, 1.807) is 0 Å². The van der Waals surface area contributed by atoms with Gasteiger partial charge in [0.2, 0.25) is 0 Å². The van der Waals surface area contributed by atoms with E-state index in [2.05, 4.69) is 65.8 Å². The van der Waals surface area contributed by atoms with Gasteiger partial charge in [0.15, 0.2) is 25.1 Å². The molecule has 4 nitrogen and oxygen atoms in total. The Kier molecular flexibility index (Phi) is 20.6. The van der Waals surface area contributed by atoms with Crippen molar-refractivity contribution in [3.05, 3.63) is 298 Å². The number of aldehydes is 4. The van der Waals surface area contributed by atoms with Crippen molar-refractivity contribution in [2.45, 2.75) is 41.5 Å². The number of carbonyl (C=O) groups excluding carboxylic acids is 4. The molecule has 74 heavy (non-hydrogen) atoms. The Balaban J connectivity index is 0.000000151. The van der Waals surface area contributed by atoms with Gasteiger partial charge >= 0.3 is 0 Å². The van der Waals surface area contributed by atoms with Crippen molar-refractivity contribution in [3.63, 3.8) is 0 Å². The first-order chi connectivity index (χ1) is 36.1. The van der Waals surface area contributed by atoms with Crippen LogP contribution in [0.2, 0.25) is 0 Å². The van der Waals surface area contributed by atoms with Crippen molar-refractivity contribution >= 4 is 25.1 Å². The lowest BCUT2D eigenvalue weighted by Crippen LogP contribution is -2.00. The number of hydrogen-bond acceptors (Lipinski definition) is 4. The first kappa shape index (κ1) is 54.2. The van der Waals surface area contributed by atoms with E-state index in [-0.39, 0.29) is 0 Å². The highest BCUT2D eigenvalue weighted by atomic mass is 16.1. The zero-order valence-corrected chi connectivity index (χ0v) is 43.0. The summed E-state index contributed by atoms with van der Waals surface area (Å²) in [6.45, 7) is 13.4. The molecule has 0 fully saturated rings. The Labute approximate surface area is 437 Å². The van der Waals surface area contributed by atoms with Crippen LogP contribution in [-0.2, 0) is 0 Å². The largest absolute Gasteiger partial charge is 0.298 e. The fraction of sp³-hybridized carbons (Fsp3) is 0.0857. The molecule has 0 aliphatic heterocycles. The second-order valence-corrected chi connectivity index (χ2v) is 17.6. The Bertz CT molecular complexity index is 3020. The predicted molar refractivity (Wildman–Crippen MR) is 309 cm³/mol. The van der Waals surface area contributed by atoms with Crippen LogP contribution in [0.25, 0.3) is 55.6 Å². The van der Waals surface area contributed by atoms with Gasteiger partial charge in [-0.3, -0.25) is 19.2 Å². The smallest absolute Gasteiger partial charge is 0.150 e. The Morgan fingerprint density at radius 3 is 0.662 bits per heavy atom. The molecule has 366 valence electrons. The lowest BCUT2D eigenvalue weighted by Gasteiger charge is -2.20. The summed E-state index contributed by atoms with van der Waals surface area (Å²) in [7, 11) is 0. The van der Waals surface area contributed by atoms with Crippen LogP contribution >= 0.6 is 0 Å². The molecule has 0 spiro atoms. The van der Waals surface area contributed by atoms with E-state index in [1.807, 2.05) is 218 Å².